The van der Waals surface area contributed by atoms with E-state index in [1.165, 1.54) is 5.56 Å². The van der Waals surface area contributed by atoms with Crippen LogP contribution in [0.1, 0.15) is 35.7 Å². The molecule has 0 aliphatic carbocycles. The number of nitrogens with one attached hydrogen (secondary N) is 2. The number of nitrogen functional groups attached to an aromatic ring is 1. The van der Waals surface area contributed by atoms with Crippen molar-refractivity contribution in [3.63, 3.8) is 0 Å². The van der Waals surface area contributed by atoms with Gasteiger partial charge in [-0.1, -0.05) is 26.0 Å². The molecule has 0 atom stereocenters. The molecular formula is C17H21N3O. The van der Waals surface area contributed by atoms with E-state index in [4.69, 9.17) is 5.73 Å². The minimum Gasteiger partial charge on any atom is -0.399 e. The number of amides is 1. The maximum Gasteiger partial charge on any atom is 0.253 e. The van der Waals surface area contributed by atoms with Gasteiger partial charge in [-0.2, -0.15) is 0 Å². The molecule has 0 saturated heterocycles. The van der Waals surface area contributed by atoms with Crippen LogP contribution in [0, 0.1) is 0 Å². The number of carbonyl (C=O) groups excluding carboxylic acids is 1. The standard InChI is InChI=1S/C17H21N3O/c1-11(2)12-5-4-6-14(9-12)20-16-10-13(18)7-8-15(16)17(21)19-3/h4-11,20H,18H2,1-3H3,(H,19,21). The summed E-state index contributed by atoms with van der Waals surface area (Å²) in [4.78, 5) is 11.9. The van der Waals surface area contributed by atoms with Gasteiger partial charge in [0.15, 0.2) is 0 Å². The first-order valence-electron chi connectivity index (χ1n) is 7.00. The summed E-state index contributed by atoms with van der Waals surface area (Å²) in [5.74, 6) is 0.309. The Morgan fingerprint density at radius 3 is 2.57 bits per heavy atom. The Morgan fingerprint density at radius 1 is 1.14 bits per heavy atom. The highest BCUT2D eigenvalue weighted by Crippen LogP contribution is 2.26. The molecule has 2 rings (SSSR count). The smallest absolute Gasteiger partial charge is 0.253 e. The van der Waals surface area contributed by atoms with Crippen molar-refractivity contribution in [1.29, 1.82) is 0 Å². The van der Waals surface area contributed by atoms with E-state index in [-0.39, 0.29) is 5.91 Å². The van der Waals surface area contributed by atoms with Gasteiger partial charge in [0, 0.05) is 18.4 Å². The molecule has 0 aromatic heterocycles. The number of hydrogen-bond acceptors (Lipinski definition) is 3. The molecule has 4 nitrogen and oxygen atoms in total. The fraction of sp³-hybridized carbons (Fsp3) is 0.235. The summed E-state index contributed by atoms with van der Waals surface area (Å²) < 4.78 is 0. The van der Waals surface area contributed by atoms with Crippen LogP contribution in [0.15, 0.2) is 42.5 Å². The quantitative estimate of drug-likeness (QED) is 0.752. The normalized spacial score (nSPS) is 10.5. The third kappa shape index (κ3) is 3.54. The van der Waals surface area contributed by atoms with Gasteiger partial charge in [-0.15, -0.1) is 0 Å². The highest BCUT2D eigenvalue weighted by Gasteiger charge is 2.11. The van der Waals surface area contributed by atoms with Gasteiger partial charge in [-0.25, -0.2) is 0 Å². The van der Waals surface area contributed by atoms with Crippen LogP contribution in [-0.2, 0) is 0 Å². The van der Waals surface area contributed by atoms with Crippen LogP contribution in [0.5, 0.6) is 0 Å². The molecule has 0 bridgehead atoms. The van der Waals surface area contributed by atoms with Crippen LogP contribution < -0.4 is 16.4 Å². The van der Waals surface area contributed by atoms with E-state index in [1.54, 1.807) is 25.2 Å². The molecule has 110 valence electrons. The SMILES string of the molecule is CNC(=O)c1ccc(N)cc1Nc1cccc(C(C)C)c1. The lowest BCUT2D eigenvalue weighted by atomic mass is 10.0. The van der Waals surface area contributed by atoms with Crippen LogP contribution in [0.2, 0.25) is 0 Å². The molecule has 2 aromatic carbocycles. The topological polar surface area (TPSA) is 67.2 Å². The van der Waals surface area contributed by atoms with Gasteiger partial charge in [-0.05, 0) is 41.8 Å². The van der Waals surface area contributed by atoms with Crippen molar-refractivity contribution in [3.8, 4) is 0 Å². The number of rotatable bonds is 4. The summed E-state index contributed by atoms with van der Waals surface area (Å²) in [7, 11) is 1.61. The average molecular weight is 283 g/mol. The van der Waals surface area contributed by atoms with Crippen molar-refractivity contribution in [2.45, 2.75) is 19.8 Å². The van der Waals surface area contributed by atoms with Gasteiger partial charge in [0.25, 0.3) is 5.91 Å². The molecule has 4 heteroatoms. The summed E-state index contributed by atoms with van der Waals surface area (Å²) in [6.07, 6.45) is 0. The molecule has 0 unspecified atom stereocenters. The highest BCUT2D eigenvalue weighted by molar-refractivity contribution is 6.00. The van der Waals surface area contributed by atoms with Crippen molar-refractivity contribution in [2.24, 2.45) is 0 Å². The van der Waals surface area contributed by atoms with Gasteiger partial charge >= 0.3 is 0 Å². The molecule has 0 aliphatic rings. The zero-order chi connectivity index (χ0) is 15.4. The first kappa shape index (κ1) is 14.9. The molecule has 2 aromatic rings. The summed E-state index contributed by atoms with van der Waals surface area (Å²) in [5, 5.41) is 5.92. The van der Waals surface area contributed by atoms with Crippen molar-refractivity contribution in [3.05, 3.63) is 53.6 Å². The molecule has 0 fully saturated rings. The summed E-state index contributed by atoms with van der Waals surface area (Å²) in [6, 6.07) is 13.4. The number of hydrogen-bond donors (Lipinski definition) is 3. The van der Waals surface area contributed by atoms with Crippen molar-refractivity contribution in [1.82, 2.24) is 5.32 Å². The molecule has 4 N–H and O–H groups in total. The second-order valence-electron chi connectivity index (χ2n) is 5.29. The highest BCUT2D eigenvalue weighted by atomic mass is 16.1. The monoisotopic (exact) mass is 283 g/mol. The Bertz CT molecular complexity index is 650. The van der Waals surface area contributed by atoms with Crippen molar-refractivity contribution >= 4 is 23.0 Å². The van der Waals surface area contributed by atoms with Gasteiger partial charge in [0.05, 0.1) is 11.3 Å². The Kier molecular flexibility index (Phi) is 4.48. The van der Waals surface area contributed by atoms with Crippen LogP contribution in [-0.4, -0.2) is 13.0 Å². The first-order chi connectivity index (χ1) is 10.0. The van der Waals surface area contributed by atoms with Gasteiger partial charge in [0.1, 0.15) is 0 Å². The molecular weight excluding hydrogens is 262 g/mol. The van der Waals surface area contributed by atoms with Gasteiger partial charge < -0.3 is 16.4 Å². The Labute approximate surface area is 125 Å². The van der Waals surface area contributed by atoms with E-state index in [9.17, 15) is 4.79 Å². The summed E-state index contributed by atoms with van der Waals surface area (Å²) >= 11 is 0. The minimum absolute atomic E-state index is 0.141. The molecule has 0 saturated carbocycles. The number of anilines is 3. The minimum atomic E-state index is -0.141. The lowest BCUT2D eigenvalue weighted by Crippen LogP contribution is -2.19. The van der Waals surface area contributed by atoms with E-state index in [1.807, 2.05) is 12.1 Å². The fourth-order valence-electron chi connectivity index (χ4n) is 2.13. The van der Waals surface area contributed by atoms with Crippen LogP contribution in [0.25, 0.3) is 0 Å². The predicted molar refractivity (Wildman–Crippen MR) is 88.1 cm³/mol. The first-order valence-corrected chi connectivity index (χ1v) is 7.00. The fourth-order valence-corrected chi connectivity index (χ4v) is 2.13. The van der Waals surface area contributed by atoms with E-state index in [0.29, 0.717) is 22.9 Å². The Morgan fingerprint density at radius 2 is 1.90 bits per heavy atom. The summed E-state index contributed by atoms with van der Waals surface area (Å²) in [6.45, 7) is 4.30. The number of benzene rings is 2. The maximum absolute atomic E-state index is 11.9. The van der Waals surface area contributed by atoms with E-state index < -0.39 is 0 Å². The van der Waals surface area contributed by atoms with Crippen LogP contribution >= 0.6 is 0 Å². The third-order valence-corrected chi connectivity index (χ3v) is 3.35. The largest absolute Gasteiger partial charge is 0.399 e. The molecule has 0 radical (unpaired) electrons. The van der Waals surface area contributed by atoms with Crippen LogP contribution in [0.4, 0.5) is 17.1 Å². The summed E-state index contributed by atoms with van der Waals surface area (Å²) in [5.41, 5.74) is 9.90. The third-order valence-electron chi connectivity index (χ3n) is 3.35. The second kappa shape index (κ2) is 6.31. The number of nitrogens with two attached hydrogens (primary N) is 1. The molecule has 21 heavy (non-hydrogen) atoms. The maximum atomic E-state index is 11.9. The lowest BCUT2D eigenvalue weighted by Gasteiger charge is -2.14. The van der Waals surface area contributed by atoms with Crippen molar-refractivity contribution in [2.75, 3.05) is 18.1 Å². The van der Waals surface area contributed by atoms with E-state index in [2.05, 4.69) is 36.6 Å². The molecule has 0 aliphatic heterocycles. The van der Waals surface area contributed by atoms with Gasteiger partial charge in [0.2, 0.25) is 0 Å². The molecule has 1 amide bonds. The number of carbonyl (C=O) groups is 1. The van der Waals surface area contributed by atoms with Gasteiger partial charge in [-0.3, -0.25) is 4.79 Å². The van der Waals surface area contributed by atoms with E-state index >= 15 is 0 Å². The molecule has 0 heterocycles. The Hall–Kier alpha value is -2.49. The average Bonchev–Trinajstić information content (AvgIpc) is 2.47. The second-order valence-corrected chi connectivity index (χ2v) is 5.29. The molecule has 0 spiro atoms. The zero-order valence-electron chi connectivity index (χ0n) is 12.6. The van der Waals surface area contributed by atoms with Crippen LogP contribution in [0.3, 0.4) is 0 Å². The predicted octanol–water partition coefficient (Wildman–Crippen LogP) is 3.50. The lowest BCUT2D eigenvalue weighted by molar-refractivity contribution is 0.0964. The van der Waals surface area contributed by atoms with E-state index in [0.717, 1.165) is 5.69 Å². The van der Waals surface area contributed by atoms with Crippen molar-refractivity contribution < 1.29 is 4.79 Å². The Balaban J connectivity index is 2.36. The zero-order valence-corrected chi connectivity index (χ0v) is 12.6.